The molecular formula is C13H14F7NO. The molecule has 0 fully saturated rings. The van der Waals surface area contributed by atoms with Crippen molar-refractivity contribution in [2.75, 3.05) is 19.0 Å². The monoisotopic (exact) mass is 333 g/mol. The lowest BCUT2D eigenvalue weighted by Crippen LogP contribution is -2.52. The van der Waals surface area contributed by atoms with Gasteiger partial charge in [-0.1, -0.05) is 12.1 Å². The lowest BCUT2D eigenvalue weighted by molar-refractivity contribution is -0.358. The van der Waals surface area contributed by atoms with Crippen LogP contribution in [0, 0.1) is 0 Å². The molecule has 1 N–H and O–H groups in total. The van der Waals surface area contributed by atoms with Crippen LogP contribution in [0.1, 0.15) is 18.1 Å². The zero-order valence-electron chi connectivity index (χ0n) is 11.6. The van der Waals surface area contributed by atoms with E-state index in [-0.39, 0.29) is 5.56 Å². The van der Waals surface area contributed by atoms with Crippen LogP contribution in [0.25, 0.3) is 0 Å². The quantitative estimate of drug-likeness (QED) is 0.823. The first-order chi connectivity index (χ1) is 9.79. The maximum Gasteiger partial charge on any atom is 0.459 e. The third kappa shape index (κ3) is 3.63. The van der Waals surface area contributed by atoms with Gasteiger partial charge >= 0.3 is 18.0 Å². The van der Waals surface area contributed by atoms with Crippen molar-refractivity contribution in [2.45, 2.75) is 30.5 Å². The molecule has 0 spiro atoms. The summed E-state index contributed by atoms with van der Waals surface area (Å²) in [6, 6.07) is 5.32. The Morgan fingerprint density at radius 3 is 2.05 bits per heavy atom. The van der Waals surface area contributed by atoms with Gasteiger partial charge < -0.3 is 10.0 Å². The van der Waals surface area contributed by atoms with Crippen molar-refractivity contribution in [3.05, 3.63) is 29.8 Å². The highest BCUT2D eigenvalue weighted by molar-refractivity contribution is 5.47. The fourth-order valence-corrected chi connectivity index (χ4v) is 1.71. The van der Waals surface area contributed by atoms with Gasteiger partial charge in [0.2, 0.25) is 0 Å². The third-order valence-electron chi connectivity index (χ3n) is 3.04. The van der Waals surface area contributed by atoms with Crippen molar-refractivity contribution in [1.82, 2.24) is 0 Å². The molecule has 22 heavy (non-hydrogen) atoms. The predicted octanol–water partition coefficient (Wildman–Crippen LogP) is 4.01. The Hall–Kier alpha value is -1.51. The van der Waals surface area contributed by atoms with Crippen molar-refractivity contribution in [1.29, 1.82) is 0 Å². The highest BCUT2D eigenvalue weighted by Crippen LogP contribution is 2.49. The molecule has 0 radical (unpaired) electrons. The Balaban J connectivity index is 3.01. The van der Waals surface area contributed by atoms with Crippen molar-refractivity contribution >= 4 is 5.69 Å². The smallest absolute Gasteiger partial charge is 0.388 e. The molecule has 1 atom stereocenters. The van der Waals surface area contributed by atoms with Crippen LogP contribution in [-0.2, 0) is 0 Å². The number of nitrogens with zero attached hydrogens (tertiary/aromatic N) is 1. The number of benzene rings is 1. The summed E-state index contributed by atoms with van der Waals surface area (Å²) in [6.07, 6.45) is -10.6. The fourth-order valence-electron chi connectivity index (χ4n) is 1.71. The van der Waals surface area contributed by atoms with Gasteiger partial charge in [-0.25, -0.2) is 0 Å². The number of alkyl halides is 7. The maximum absolute atomic E-state index is 13.3. The minimum Gasteiger partial charge on any atom is -0.388 e. The highest BCUT2D eigenvalue weighted by atomic mass is 19.4. The van der Waals surface area contributed by atoms with Crippen molar-refractivity contribution < 1.29 is 35.8 Å². The molecule has 1 rings (SSSR count). The Morgan fingerprint density at radius 2 is 1.59 bits per heavy atom. The van der Waals surface area contributed by atoms with Crippen LogP contribution in [0.3, 0.4) is 0 Å². The standard InChI is InChI=1S/C13H14F7NO/c1-21(2)9-5-3-4-8(6-9)10(22)7-11(14,15)12(16,17)13(18,19)20/h3-6,10,22H,7H2,1-2H3. The summed E-state index contributed by atoms with van der Waals surface area (Å²) in [7, 11) is 3.22. The SMILES string of the molecule is CN(C)c1cccc(C(O)CC(F)(F)C(F)(F)C(F)(F)F)c1. The van der Waals surface area contributed by atoms with Crippen LogP contribution < -0.4 is 4.90 Å². The predicted molar refractivity (Wildman–Crippen MR) is 66.3 cm³/mol. The molecule has 0 heterocycles. The lowest BCUT2D eigenvalue weighted by Gasteiger charge is -2.29. The van der Waals surface area contributed by atoms with Crippen LogP contribution in [-0.4, -0.2) is 37.2 Å². The number of hydrogen-bond donors (Lipinski definition) is 1. The Kier molecular flexibility index (Phi) is 5.01. The van der Waals surface area contributed by atoms with E-state index < -0.39 is 30.5 Å². The number of hydrogen-bond acceptors (Lipinski definition) is 2. The molecular weight excluding hydrogens is 319 g/mol. The second-order valence-electron chi connectivity index (χ2n) is 4.99. The van der Waals surface area contributed by atoms with Crippen LogP contribution >= 0.6 is 0 Å². The van der Waals surface area contributed by atoms with E-state index in [1.165, 1.54) is 18.2 Å². The molecule has 0 aliphatic carbocycles. The van der Waals surface area contributed by atoms with E-state index in [9.17, 15) is 35.8 Å². The molecule has 0 amide bonds. The summed E-state index contributed by atoms with van der Waals surface area (Å²) in [5, 5.41) is 9.59. The molecule has 126 valence electrons. The number of aliphatic hydroxyl groups excluding tert-OH is 1. The number of aliphatic hydroxyl groups is 1. The molecule has 1 aromatic carbocycles. The van der Waals surface area contributed by atoms with Gasteiger partial charge in [-0.05, 0) is 17.7 Å². The first-order valence-corrected chi connectivity index (χ1v) is 6.07. The van der Waals surface area contributed by atoms with Gasteiger partial charge in [0.1, 0.15) is 0 Å². The van der Waals surface area contributed by atoms with Crippen LogP contribution in [0.2, 0.25) is 0 Å². The molecule has 0 aromatic heterocycles. The topological polar surface area (TPSA) is 23.5 Å². The molecule has 0 saturated carbocycles. The lowest BCUT2D eigenvalue weighted by atomic mass is 9.98. The van der Waals surface area contributed by atoms with Crippen LogP contribution in [0.15, 0.2) is 24.3 Å². The Morgan fingerprint density at radius 1 is 1.05 bits per heavy atom. The zero-order valence-corrected chi connectivity index (χ0v) is 11.6. The molecule has 1 aromatic rings. The summed E-state index contributed by atoms with van der Waals surface area (Å²) in [5.74, 6) is -11.7. The fraction of sp³-hybridized carbons (Fsp3) is 0.538. The van der Waals surface area contributed by atoms with E-state index in [1.807, 2.05) is 0 Å². The van der Waals surface area contributed by atoms with Gasteiger partial charge in [-0.2, -0.15) is 30.7 Å². The molecule has 9 heteroatoms. The molecule has 0 bridgehead atoms. The van der Waals surface area contributed by atoms with Gasteiger partial charge in [0, 0.05) is 26.2 Å². The Bertz CT molecular complexity index is 513. The largest absolute Gasteiger partial charge is 0.459 e. The van der Waals surface area contributed by atoms with E-state index in [2.05, 4.69) is 0 Å². The summed E-state index contributed by atoms with van der Waals surface area (Å²) in [4.78, 5) is 1.55. The highest BCUT2D eigenvalue weighted by Gasteiger charge is 2.72. The second-order valence-corrected chi connectivity index (χ2v) is 4.99. The minimum atomic E-state index is -6.40. The normalized spacial score (nSPS) is 14.8. The van der Waals surface area contributed by atoms with Crippen molar-refractivity contribution in [3.8, 4) is 0 Å². The van der Waals surface area contributed by atoms with E-state index in [1.54, 1.807) is 25.1 Å². The minimum absolute atomic E-state index is 0.177. The van der Waals surface area contributed by atoms with Gasteiger partial charge in [0.05, 0.1) is 6.10 Å². The molecule has 0 aliphatic heterocycles. The summed E-state index contributed by atoms with van der Waals surface area (Å²) < 4.78 is 88.2. The van der Waals surface area contributed by atoms with Gasteiger partial charge in [0.25, 0.3) is 0 Å². The van der Waals surface area contributed by atoms with Crippen molar-refractivity contribution in [2.24, 2.45) is 0 Å². The van der Waals surface area contributed by atoms with Crippen LogP contribution in [0.4, 0.5) is 36.4 Å². The zero-order chi connectivity index (χ0) is 17.3. The number of rotatable bonds is 5. The average molecular weight is 333 g/mol. The van der Waals surface area contributed by atoms with Gasteiger partial charge in [0.15, 0.2) is 0 Å². The molecule has 0 aliphatic rings. The van der Waals surface area contributed by atoms with E-state index in [0.29, 0.717) is 5.69 Å². The van der Waals surface area contributed by atoms with Crippen molar-refractivity contribution in [3.63, 3.8) is 0 Å². The Labute approximate surface area is 122 Å². The van der Waals surface area contributed by atoms with E-state index in [4.69, 9.17) is 0 Å². The summed E-state index contributed by atoms with van der Waals surface area (Å²) in [6.45, 7) is 0. The first-order valence-electron chi connectivity index (χ1n) is 6.07. The van der Waals surface area contributed by atoms with Gasteiger partial charge in [-0.15, -0.1) is 0 Å². The van der Waals surface area contributed by atoms with E-state index >= 15 is 0 Å². The average Bonchev–Trinajstić information content (AvgIpc) is 2.36. The molecule has 0 saturated heterocycles. The molecule has 2 nitrogen and oxygen atoms in total. The summed E-state index contributed by atoms with van der Waals surface area (Å²) >= 11 is 0. The van der Waals surface area contributed by atoms with Crippen LogP contribution in [0.5, 0.6) is 0 Å². The maximum atomic E-state index is 13.3. The first kappa shape index (κ1) is 18.5. The number of anilines is 1. The van der Waals surface area contributed by atoms with Gasteiger partial charge in [-0.3, -0.25) is 0 Å². The number of halogens is 7. The summed E-state index contributed by atoms with van der Waals surface area (Å²) in [5.41, 5.74) is 0.297. The van der Waals surface area contributed by atoms with E-state index in [0.717, 1.165) is 0 Å². The third-order valence-corrected chi connectivity index (χ3v) is 3.04. The molecule has 1 unspecified atom stereocenters. The second kappa shape index (κ2) is 5.94.